The summed E-state index contributed by atoms with van der Waals surface area (Å²) in [5.74, 6) is 0. The van der Waals surface area contributed by atoms with E-state index in [0.29, 0.717) is 6.04 Å². The normalized spacial score (nSPS) is 11.1. The highest BCUT2D eigenvalue weighted by atomic mass is 15.3. The Bertz CT molecular complexity index is 485. The van der Waals surface area contributed by atoms with E-state index >= 15 is 0 Å². The van der Waals surface area contributed by atoms with Gasteiger partial charge in [0.1, 0.15) is 0 Å². The van der Waals surface area contributed by atoms with Crippen LogP contribution in [-0.4, -0.2) is 14.8 Å². The van der Waals surface area contributed by atoms with Crippen molar-refractivity contribution in [2.75, 3.05) is 0 Å². The average molecular weight is 244 g/mol. The van der Waals surface area contributed by atoms with Crippen LogP contribution >= 0.6 is 0 Å². The van der Waals surface area contributed by atoms with Gasteiger partial charge in [-0.1, -0.05) is 6.07 Å². The van der Waals surface area contributed by atoms with Gasteiger partial charge in [-0.25, -0.2) is 0 Å². The van der Waals surface area contributed by atoms with Gasteiger partial charge in [0, 0.05) is 37.2 Å². The Morgan fingerprint density at radius 1 is 1.22 bits per heavy atom. The van der Waals surface area contributed by atoms with Crippen LogP contribution in [0.2, 0.25) is 0 Å². The fourth-order valence-corrected chi connectivity index (χ4v) is 1.70. The Hall–Kier alpha value is -1.68. The van der Waals surface area contributed by atoms with Crippen LogP contribution < -0.4 is 5.32 Å². The Kier molecular flexibility index (Phi) is 4.10. The van der Waals surface area contributed by atoms with Crippen LogP contribution in [0.25, 0.3) is 0 Å². The van der Waals surface area contributed by atoms with Crippen molar-refractivity contribution < 1.29 is 0 Å². The Labute approximate surface area is 108 Å². The second-order valence-electron chi connectivity index (χ2n) is 4.79. The molecular weight excluding hydrogens is 224 g/mol. The molecule has 0 saturated heterocycles. The van der Waals surface area contributed by atoms with Crippen LogP contribution in [0, 0.1) is 6.92 Å². The fourth-order valence-electron chi connectivity index (χ4n) is 1.70. The summed E-state index contributed by atoms with van der Waals surface area (Å²) in [7, 11) is 0. The minimum atomic E-state index is 0.417. The summed E-state index contributed by atoms with van der Waals surface area (Å²) >= 11 is 0. The maximum absolute atomic E-state index is 4.49. The topological polar surface area (TPSA) is 42.7 Å². The number of hydrogen-bond acceptors (Lipinski definition) is 3. The van der Waals surface area contributed by atoms with Gasteiger partial charge in [0.2, 0.25) is 0 Å². The number of aromatic nitrogens is 3. The molecule has 0 bridgehead atoms. The van der Waals surface area contributed by atoms with Crippen molar-refractivity contribution in [2.24, 2.45) is 0 Å². The second-order valence-corrected chi connectivity index (χ2v) is 4.79. The zero-order chi connectivity index (χ0) is 13.0. The van der Waals surface area contributed by atoms with Crippen molar-refractivity contribution in [3.63, 3.8) is 0 Å². The van der Waals surface area contributed by atoms with Crippen LogP contribution in [0.15, 0.2) is 30.6 Å². The molecule has 2 rings (SSSR count). The predicted octanol–water partition coefficient (Wildman–Crippen LogP) is 2.46. The van der Waals surface area contributed by atoms with Gasteiger partial charge in [0.25, 0.3) is 0 Å². The van der Waals surface area contributed by atoms with E-state index < -0.39 is 0 Å². The highest BCUT2D eigenvalue weighted by Crippen LogP contribution is 2.04. The molecule has 96 valence electrons. The average Bonchev–Trinajstić information content (AvgIpc) is 2.81. The van der Waals surface area contributed by atoms with E-state index in [1.807, 2.05) is 30.1 Å². The van der Waals surface area contributed by atoms with Crippen molar-refractivity contribution in [1.29, 1.82) is 0 Å². The molecule has 2 heterocycles. The first-order valence-corrected chi connectivity index (χ1v) is 6.31. The zero-order valence-corrected chi connectivity index (χ0v) is 11.2. The van der Waals surface area contributed by atoms with Gasteiger partial charge in [-0.15, -0.1) is 0 Å². The summed E-state index contributed by atoms with van der Waals surface area (Å²) in [5, 5.41) is 7.87. The molecule has 4 heteroatoms. The molecular formula is C14H20N4. The minimum absolute atomic E-state index is 0.417. The zero-order valence-electron chi connectivity index (χ0n) is 11.2. The summed E-state index contributed by atoms with van der Waals surface area (Å²) in [4.78, 5) is 4.27. The number of pyridine rings is 1. The van der Waals surface area contributed by atoms with E-state index in [-0.39, 0.29) is 0 Å². The van der Waals surface area contributed by atoms with Crippen LogP contribution in [0.5, 0.6) is 0 Å². The summed E-state index contributed by atoms with van der Waals surface area (Å²) in [6, 6.07) is 6.60. The molecule has 0 fully saturated rings. The number of nitrogens with one attached hydrogen (secondary N) is 1. The van der Waals surface area contributed by atoms with Gasteiger partial charge in [0.15, 0.2) is 0 Å². The van der Waals surface area contributed by atoms with Crippen molar-refractivity contribution in [3.05, 3.63) is 47.5 Å². The monoisotopic (exact) mass is 244 g/mol. The lowest BCUT2D eigenvalue weighted by molar-refractivity contribution is 0.521. The van der Waals surface area contributed by atoms with Crippen molar-refractivity contribution in [3.8, 4) is 0 Å². The minimum Gasteiger partial charge on any atom is -0.307 e. The molecule has 0 saturated carbocycles. The molecule has 0 amide bonds. The lowest BCUT2D eigenvalue weighted by Crippen LogP contribution is -2.14. The third-order valence-electron chi connectivity index (χ3n) is 2.80. The van der Waals surface area contributed by atoms with Gasteiger partial charge < -0.3 is 5.32 Å². The van der Waals surface area contributed by atoms with E-state index in [1.54, 1.807) is 0 Å². The molecule has 18 heavy (non-hydrogen) atoms. The first-order valence-electron chi connectivity index (χ1n) is 6.31. The maximum atomic E-state index is 4.49. The Balaban J connectivity index is 1.82. The molecule has 0 aliphatic heterocycles. The standard InChI is InChI=1S/C14H20N4/c1-11(2)18-7-6-14(17-18)10-15-8-13-5-4-12(3)16-9-13/h4-7,9,11,15H,8,10H2,1-3H3. The third-order valence-corrected chi connectivity index (χ3v) is 2.80. The van der Waals surface area contributed by atoms with E-state index in [4.69, 9.17) is 0 Å². The van der Waals surface area contributed by atoms with Crippen LogP contribution in [0.1, 0.15) is 36.8 Å². The molecule has 2 aromatic rings. The molecule has 0 unspecified atom stereocenters. The van der Waals surface area contributed by atoms with Gasteiger partial charge in [-0.2, -0.15) is 5.10 Å². The van der Waals surface area contributed by atoms with Gasteiger partial charge >= 0.3 is 0 Å². The third kappa shape index (κ3) is 3.40. The molecule has 4 nitrogen and oxygen atoms in total. The van der Waals surface area contributed by atoms with Crippen LogP contribution in [-0.2, 0) is 13.1 Å². The second kappa shape index (κ2) is 5.78. The number of rotatable bonds is 5. The first-order chi connectivity index (χ1) is 8.65. The SMILES string of the molecule is Cc1ccc(CNCc2ccn(C(C)C)n2)cn1. The summed E-state index contributed by atoms with van der Waals surface area (Å²) in [6.07, 6.45) is 3.93. The molecule has 0 atom stereocenters. The molecule has 1 N–H and O–H groups in total. The maximum Gasteiger partial charge on any atom is 0.0762 e. The van der Waals surface area contributed by atoms with Crippen molar-refractivity contribution in [1.82, 2.24) is 20.1 Å². The van der Waals surface area contributed by atoms with E-state index in [1.165, 1.54) is 5.56 Å². The largest absolute Gasteiger partial charge is 0.307 e. The van der Waals surface area contributed by atoms with Gasteiger partial charge in [-0.05, 0) is 38.5 Å². The number of nitrogens with zero attached hydrogens (tertiary/aromatic N) is 3. The summed E-state index contributed by atoms with van der Waals surface area (Å²) < 4.78 is 1.98. The molecule has 0 aromatic carbocycles. The highest BCUT2D eigenvalue weighted by molar-refractivity contribution is 5.13. The smallest absolute Gasteiger partial charge is 0.0762 e. The Morgan fingerprint density at radius 2 is 2.06 bits per heavy atom. The summed E-state index contributed by atoms with van der Waals surface area (Å²) in [5.41, 5.74) is 3.32. The number of aryl methyl sites for hydroxylation is 1. The molecule has 0 radical (unpaired) electrons. The highest BCUT2D eigenvalue weighted by Gasteiger charge is 2.01. The quantitative estimate of drug-likeness (QED) is 0.878. The van der Waals surface area contributed by atoms with E-state index in [2.05, 4.69) is 41.4 Å². The summed E-state index contributed by atoms with van der Waals surface area (Å²) in [6.45, 7) is 7.86. The van der Waals surface area contributed by atoms with Gasteiger partial charge in [-0.3, -0.25) is 9.67 Å². The molecule has 0 aliphatic carbocycles. The lowest BCUT2D eigenvalue weighted by Gasteiger charge is -2.05. The van der Waals surface area contributed by atoms with Crippen LogP contribution in [0.4, 0.5) is 0 Å². The molecule has 0 spiro atoms. The fraction of sp³-hybridized carbons (Fsp3) is 0.429. The van der Waals surface area contributed by atoms with Crippen molar-refractivity contribution >= 4 is 0 Å². The van der Waals surface area contributed by atoms with Crippen LogP contribution in [0.3, 0.4) is 0 Å². The first kappa shape index (κ1) is 12.8. The van der Waals surface area contributed by atoms with E-state index in [9.17, 15) is 0 Å². The molecule has 2 aromatic heterocycles. The lowest BCUT2D eigenvalue weighted by atomic mass is 10.2. The Morgan fingerprint density at radius 3 is 2.67 bits per heavy atom. The van der Waals surface area contributed by atoms with Gasteiger partial charge in [0.05, 0.1) is 5.69 Å². The van der Waals surface area contributed by atoms with Crippen molar-refractivity contribution in [2.45, 2.75) is 39.9 Å². The number of hydrogen-bond donors (Lipinski definition) is 1. The molecule has 0 aliphatic rings. The predicted molar refractivity (Wildman–Crippen MR) is 72.1 cm³/mol. The van der Waals surface area contributed by atoms with E-state index in [0.717, 1.165) is 24.5 Å².